The van der Waals surface area contributed by atoms with Crippen molar-refractivity contribution in [2.45, 2.75) is 26.3 Å². The van der Waals surface area contributed by atoms with Crippen molar-refractivity contribution in [2.75, 3.05) is 6.54 Å². The van der Waals surface area contributed by atoms with Gasteiger partial charge in [-0.25, -0.2) is 9.36 Å². The van der Waals surface area contributed by atoms with Crippen molar-refractivity contribution in [3.63, 3.8) is 0 Å². The maximum Gasteiger partial charge on any atom is 0.336 e. The zero-order chi connectivity index (χ0) is 23.4. The fraction of sp³-hybridized carbons (Fsp3) is 0.192. The van der Waals surface area contributed by atoms with E-state index in [2.05, 4.69) is 5.32 Å². The number of carbonyl (C=O) groups excluding carboxylic acids is 1. The number of nitrogens with zero attached hydrogens (tertiary/aromatic N) is 2. The highest BCUT2D eigenvalue weighted by Gasteiger charge is 2.15. The van der Waals surface area contributed by atoms with Crippen LogP contribution in [0.1, 0.15) is 24.5 Å². The molecule has 0 saturated heterocycles. The lowest BCUT2D eigenvalue weighted by atomic mass is 10.1. The SMILES string of the molecule is CCCNC(=O)Cc1ccc(-n2c(=O)c3ccccc3n(Cc3ccc(Cl)cc3)c2=O)cc1. The second kappa shape index (κ2) is 9.88. The van der Waals surface area contributed by atoms with Crippen LogP contribution in [0.5, 0.6) is 0 Å². The van der Waals surface area contributed by atoms with Crippen LogP contribution in [0, 0.1) is 0 Å². The van der Waals surface area contributed by atoms with Gasteiger partial charge in [0.15, 0.2) is 0 Å². The molecule has 0 atom stereocenters. The maximum absolute atomic E-state index is 13.5. The first-order chi connectivity index (χ1) is 16.0. The number of aromatic nitrogens is 2. The molecule has 0 aliphatic rings. The molecule has 0 spiro atoms. The molecule has 3 aromatic carbocycles. The van der Waals surface area contributed by atoms with Crippen molar-refractivity contribution in [1.29, 1.82) is 0 Å². The number of halogens is 1. The Morgan fingerprint density at radius 3 is 2.27 bits per heavy atom. The molecule has 6 nitrogen and oxygen atoms in total. The summed E-state index contributed by atoms with van der Waals surface area (Å²) in [5, 5.41) is 3.91. The van der Waals surface area contributed by atoms with Crippen LogP contribution in [0.4, 0.5) is 0 Å². The van der Waals surface area contributed by atoms with Crippen molar-refractivity contribution >= 4 is 28.4 Å². The Balaban J connectivity index is 1.76. The Morgan fingerprint density at radius 2 is 1.58 bits per heavy atom. The van der Waals surface area contributed by atoms with Crippen LogP contribution >= 0.6 is 11.6 Å². The number of rotatable bonds is 7. The smallest absolute Gasteiger partial charge is 0.336 e. The summed E-state index contributed by atoms with van der Waals surface area (Å²) in [5.74, 6) is -0.0576. The topological polar surface area (TPSA) is 73.1 Å². The molecular formula is C26H24ClN3O3. The van der Waals surface area contributed by atoms with Gasteiger partial charge in [0.1, 0.15) is 0 Å². The third-order valence-corrected chi connectivity index (χ3v) is 5.69. The van der Waals surface area contributed by atoms with Crippen molar-refractivity contribution in [3.05, 3.63) is 110 Å². The number of nitrogens with one attached hydrogen (secondary N) is 1. The Morgan fingerprint density at radius 1 is 0.909 bits per heavy atom. The number of para-hydroxylation sites is 1. The molecule has 1 amide bonds. The molecule has 33 heavy (non-hydrogen) atoms. The van der Waals surface area contributed by atoms with E-state index >= 15 is 0 Å². The van der Waals surface area contributed by atoms with Crippen LogP contribution in [0.2, 0.25) is 5.02 Å². The molecule has 4 rings (SSSR count). The summed E-state index contributed by atoms with van der Waals surface area (Å²) in [7, 11) is 0. The normalized spacial score (nSPS) is 11.0. The number of benzene rings is 3. The highest BCUT2D eigenvalue weighted by molar-refractivity contribution is 6.30. The van der Waals surface area contributed by atoms with E-state index in [0.717, 1.165) is 17.5 Å². The van der Waals surface area contributed by atoms with Gasteiger partial charge < -0.3 is 5.32 Å². The van der Waals surface area contributed by atoms with Crippen LogP contribution in [0.3, 0.4) is 0 Å². The van der Waals surface area contributed by atoms with Crippen LogP contribution in [0.25, 0.3) is 16.6 Å². The molecule has 0 unspecified atom stereocenters. The number of hydrogen-bond acceptors (Lipinski definition) is 3. The van der Waals surface area contributed by atoms with Crippen LogP contribution in [0.15, 0.2) is 82.4 Å². The third-order valence-electron chi connectivity index (χ3n) is 5.44. The molecular weight excluding hydrogens is 438 g/mol. The van der Waals surface area contributed by atoms with Crippen LogP contribution in [-0.4, -0.2) is 21.6 Å². The molecule has 0 fully saturated rings. The van der Waals surface area contributed by atoms with Gasteiger partial charge in [-0.1, -0.05) is 54.9 Å². The van der Waals surface area contributed by atoms with Gasteiger partial charge in [0.2, 0.25) is 5.91 Å². The second-order valence-corrected chi connectivity index (χ2v) is 8.28. The minimum Gasteiger partial charge on any atom is -0.356 e. The third kappa shape index (κ3) is 4.91. The molecule has 0 bridgehead atoms. The number of carbonyl (C=O) groups is 1. The molecule has 1 aromatic heterocycles. The van der Waals surface area contributed by atoms with Crippen LogP contribution in [-0.2, 0) is 17.8 Å². The fourth-order valence-electron chi connectivity index (χ4n) is 3.75. The monoisotopic (exact) mass is 461 g/mol. The Kier molecular flexibility index (Phi) is 6.75. The summed E-state index contributed by atoms with van der Waals surface area (Å²) in [4.78, 5) is 38.7. The predicted molar refractivity (Wildman–Crippen MR) is 131 cm³/mol. The largest absolute Gasteiger partial charge is 0.356 e. The van der Waals surface area contributed by atoms with Gasteiger partial charge in [-0.2, -0.15) is 0 Å². The molecule has 0 aliphatic carbocycles. The lowest BCUT2D eigenvalue weighted by Gasteiger charge is -2.15. The van der Waals surface area contributed by atoms with E-state index in [1.165, 1.54) is 4.57 Å². The minimum absolute atomic E-state index is 0.0576. The number of hydrogen-bond donors (Lipinski definition) is 1. The Labute approximate surface area is 196 Å². The molecule has 0 aliphatic heterocycles. The van der Waals surface area contributed by atoms with Gasteiger partial charge in [-0.15, -0.1) is 0 Å². The summed E-state index contributed by atoms with van der Waals surface area (Å²) < 4.78 is 2.77. The molecule has 1 heterocycles. The van der Waals surface area contributed by atoms with Gasteiger partial charge >= 0.3 is 5.69 Å². The van der Waals surface area contributed by atoms with Crippen molar-refractivity contribution in [2.24, 2.45) is 0 Å². The summed E-state index contributed by atoms with van der Waals surface area (Å²) in [6, 6.07) is 21.3. The average Bonchev–Trinajstić information content (AvgIpc) is 2.83. The Hall–Kier alpha value is -3.64. The first kappa shape index (κ1) is 22.6. The predicted octanol–water partition coefficient (Wildman–Crippen LogP) is 3.92. The second-order valence-electron chi connectivity index (χ2n) is 7.85. The van der Waals surface area contributed by atoms with Crippen molar-refractivity contribution in [1.82, 2.24) is 14.5 Å². The highest BCUT2D eigenvalue weighted by Crippen LogP contribution is 2.15. The lowest BCUT2D eigenvalue weighted by molar-refractivity contribution is -0.120. The summed E-state index contributed by atoms with van der Waals surface area (Å²) >= 11 is 6.00. The molecule has 0 saturated carbocycles. The van der Waals surface area contributed by atoms with E-state index in [-0.39, 0.29) is 17.9 Å². The van der Waals surface area contributed by atoms with Gasteiger partial charge in [-0.05, 0) is 53.9 Å². The van der Waals surface area contributed by atoms with E-state index in [1.54, 1.807) is 59.2 Å². The summed E-state index contributed by atoms with van der Waals surface area (Å²) in [6.45, 7) is 2.93. The minimum atomic E-state index is -0.429. The standard InChI is InChI=1S/C26H24ClN3O3/c1-2-15-28-24(31)16-18-9-13-21(14-10-18)30-25(32)22-5-3-4-6-23(22)29(26(30)33)17-19-7-11-20(27)12-8-19/h3-14H,2,15-17H2,1H3,(H,28,31). The van der Waals surface area contributed by atoms with E-state index in [4.69, 9.17) is 11.6 Å². The molecule has 0 radical (unpaired) electrons. The van der Waals surface area contributed by atoms with E-state index in [9.17, 15) is 14.4 Å². The average molecular weight is 462 g/mol. The maximum atomic E-state index is 13.5. The van der Waals surface area contributed by atoms with Crippen molar-refractivity contribution in [3.8, 4) is 5.69 Å². The van der Waals surface area contributed by atoms with Gasteiger partial charge in [0, 0.05) is 11.6 Å². The molecule has 168 valence electrons. The van der Waals surface area contributed by atoms with E-state index in [1.807, 2.05) is 25.1 Å². The number of fused-ring (bicyclic) bond motifs is 1. The fourth-order valence-corrected chi connectivity index (χ4v) is 3.87. The molecule has 4 aromatic rings. The zero-order valence-corrected chi connectivity index (χ0v) is 19.0. The van der Waals surface area contributed by atoms with Crippen molar-refractivity contribution < 1.29 is 4.79 Å². The van der Waals surface area contributed by atoms with Gasteiger partial charge in [-0.3, -0.25) is 14.2 Å². The highest BCUT2D eigenvalue weighted by atomic mass is 35.5. The van der Waals surface area contributed by atoms with E-state index in [0.29, 0.717) is 34.7 Å². The first-order valence-electron chi connectivity index (χ1n) is 10.8. The lowest BCUT2D eigenvalue weighted by Crippen LogP contribution is -2.39. The molecule has 1 N–H and O–H groups in total. The van der Waals surface area contributed by atoms with Gasteiger partial charge in [0.05, 0.1) is 29.6 Å². The first-order valence-corrected chi connectivity index (χ1v) is 11.2. The summed E-state index contributed by atoms with van der Waals surface area (Å²) in [5.41, 5.74) is 1.92. The number of amides is 1. The summed E-state index contributed by atoms with van der Waals surface area (Å²) in [6.07, 6.45) is 1.12. The Bertz CT molecular complexity index is 1400. The zero-order valence-electron chi connectivity index (χ0n) is 18.3. The quantitative estimate of drug-likeness (QED) is 0.453. The van der Waals surface area contributed by atoms with Crippen LogP contribution < -0.4 is 16.6 Å². The molecule has 7 heteroatoms. The van der Waals surface area contributed by atoms with E-state index < -0.39 is 5.69 Å². The van der Waals surface area contributed by atoms with Gasteiger partial charge in [0.25, 0.3) is 5.56 Å².